The van der Waals surface area contributed by atoms with Crippen LogP contribution in [0.25, 0.3) is 0 Å². The molecule has 109 valence electrons. The van der Waals surface area contributed by atoms with E-state index >= 15 is 0 Å². The first-order chi connectivity index (χ1) is 9.05. The van der Waals surface area contributed by atoms with Crippen LogP contribution < -0.4 is 4.18 Å². The van der Waals surface area contributed by atoms with Gasteiger partial charge in [0.2, 0.25) is 0 Å². The normalized spacial score (nSPS) is 10.9. The van der Waals surface area contributed by atoms with E-state index in [1.807, 2.05) is 19.1 Å². The van der Waals surface area contributed by atoms with Crippen LogP contribution >= 0.6 is 0 Å². The maximum absolute atomic E-state index is 11.8. The van der Waals surface area contributed by atoms with Crippen molar-refractivity contribution in [1.29, 1.82) is 0 Å². The Morgan fingerprint density at radius 3 is 2.25 bits per heavy atom. The largest absolute Gasteiger partial charge is 0.382 e. The van der Waals surface area contributed by atoms with Crippen molar-refractivity contribution in [3.63, 3.8) is 0 Å². The van der Waals surface area contributed by atoms with Crippen LogP contribution in [0.15, 0.2) is 24.3 Å². The molecule has 0 aliphatic carbocycles. The number of hydrogen-bond donors (Lipinski definition) is 0. The maximum Gasteiger partial charge on any atom is 0.309 e. The Labute approximate surface area is 145 Å². The Morgan fingerprint density at radius 1 is 1.00 bits per heavy atom. The van der Waals surface area contributed by atoms with Crippen LogP contribution in [0.3, 0.4) is 0 Å². The third-order valence-electron chi connectivity index (χ3n) is 3.06. The summed E-state index contributed by atoms with van der Waals surface area (Å²) in [5, 5.41) is 0. The molecule has 0 aliphatic heterocycles. The van der Waals surface area contributed by atoms with Gasteiger partial charge in [-0.25, -0.2) is 0 Å². The molecule has 0 fully saturated rings. The minimum Gasteiger partial charge on any atom is -0.382 e. The number of rotatable bonds is 9. The molecule has 3 nitrogen and oxygen atoms in total. The van der Waals surface area contributed by atoms with E-state index in [1.165, 1.54) is 19.3 Å². The number of benzene rings is 1. The van der Waals surface area contributed by atoms with Crippen LogP contribution in [0.4, 0.5) is 0 Å². The second kappa shape index (κ2) is 10.7. The van der Waals surface area contributed by atoms with Gasteiger partial charge in [0.05, 0.1) is 5.75 Å². The molecule has 0 unspecified atom stereocenters. The molecule has 1 aromatic carbocycles. The Morgan fingerprint density at radius 2 is 1.60 bits per heavy atom. The summed E-state index contributed by atoms with van der Waals surface area (Å²) < 4.78 is 28.8. The first-order valence-electron chi connectivity index (χ1n) is 7.03. The molecule has 0 N–H and O–H groups in total. The van der Waals surface area contributed by atoms with E-state index in [1.54, 1.807) is 12.1 Å². The van der Waals surface area contributed by atoms with Gasteiger partial charge in [0.15, 0.2) is 0 Å². The fourth-order valence-electron chi connectivity index (χ4n) is 1.89. The number of hydrogen-bond acceptors (Lipinski definition) is 3. The van der Waals surface area contributed by atoms with Gasteiger partial charge in [-0.15, -0.1) is 0 Å². The minimum atomic E-state index is -3.45. The summed E-state index contributed by atoms with van der Waals surface area (Å²) in [5.41, 5.74) is 0.842. The maximum atomic E-state index is 11.8. The summed E-state index contributed by atoms with van der Waals surface area (Å²) in [6, 6.07) is 7.18. The average Bonchev–Trinajstić information content (AvgIpc) is 2.36. The van der Waals surface area contributed by atoms with Crippen molar-refractivity contribution in [2.75, 3.05) is 5.75 Å². The molecule has 1 aromatic rings. The third-order valence-corrected chi connectivity index (χ3v) is 4.28. The van der Waals surface area contributed by atoms with E-state index in [2.05, 4.69) is 6.92 Å². The Bertz CT molecular complexity index is 472. The zero-order chi connectivity index (χ0) is 14.1. The van der Waals surface area contributed by atoms with Crippen molar-refractivity contribution in [1.82, 2.24) is 0 Å². The molecule has 0 amide bonds. The quantitative estimate of drug-likeness (QED) is 0.397. The predicted molar refractivity (Wildman–Crippen MR) is 84.7 cm³/mol. The summed E-state index contributed by atoms with van der Waals surface area (Å²) in [5.74, 6) is 0.543. The van der Waals surface area contributed by atoms with Crippen LogP contribution in [0.2, 0.25) is 0 Å². The minimum absolute atomic E-state index is 0. The summed E-state index contributed by atoms with van der Waals surface area (Å²) in [4.78, 5) is 0. The third kappa shape index (κ3) is 8.30. The van der Waals surface area contributed by atoms with Crippen molar-refractivity contribution in [3.05, 3.63) is 29.8 Å². The van der Waals surface area contributed by atoms with Crippen LogP contribution in [0.5, 0.6) is 5.75 Å². The van der Waals surface area contributed by atoms with Gasteiger partial charge in [0.1, 0.15) is 5.75 Å². The van der Waals surface area contributed by atoms with Crippen molar-refractivity contribution < 1.29 is 12.6 Å². The zero-order valence-electron chi connectivity index (χ0n) is 12.9. The fraction of sp³-hybridized carbons (Fsp3) is 0.600. The molecule has 0 saturated carbocycles. The SMILES string of the molecule is CCCCCCCCS(=O)(=O)Oc1ccccc1C.[Na]. The van der Waals surface area contributed by atoms with E-state index in [4.69, 9.17) is 4.18 Å². The second-order valence-electron chi connectivity index (χ2n) is 4.88. The molecule has 1 rings (SSSR count). The van der Waals surface area contributed by atoms with Crippen molar-refractivity contribution in [2.45, 2.75) is 52.4 Å². The van der Waals surface area contributed by atoms with E-state index in [9.17, 15) is 8.42 Å². The topological polar surface area (TPSA) is 43.4 Å². The first kappa shape index (κ1) is 20.0. The average molecular weight is 307 g/mol. The smallest absolute Gasteiger partial charge is 0.309 e. The summed E-state index contributed by atoms with van der Waals surface area (Å²) >= 11 is 0. The monoisotopic (exact) mass is 307 g/mol. The zero-order valence-corrected chi connectivity index (χ0v) is 15.7. The second-order valence-corrected chi connectivity index (χ2v) is 6.57. The van der Waals surface area contributed by atoms with Crippen LogP contribution in [0, 0.1) is 6.92 Å². The number of para-hydroxylation sites is 1. The molecular weight excluding hydrogens is 283 g/mol. The van der Waals surface area contributed by atoms with Gasteiger partial charge in [-0.3, -0.25) is 0 Å². The standard InChI is InChI=1S/C15H24O3S.Na/c1-3-4-5-6-7-10-13-19(16,17)18-15-12-9-8-11-14(15)2;/h8-9,11-12H,3-7,10,13H2,1-2H3;. The summed E-state index contributed by atoms with van der Waals surface area (Å²) in [6.45, 7) is 4.01. The van der Waals surface area contributed by atoms with Gasteiger partial charge in [-0.1, -0.05) is 57.2 Å². The molecule has 0 aliphatic rings. The van der Waals surface area contributed by atoms with Gasteiger partial charge < -0.3 is 4.18 Å². The van der Waals surface area contributed by atoms with Crippen molar-refractivity contribution >= 4 is 39.7 Å². The Balaban J connectivity index is 0.00000361. The molecule has 0 aromatic heterocycles. The van der Waals surface area contributed by atoms with Gasteiger partial charge in [-0.2, -0.15) is 8.42 Å². The van der Waals surface area contributed by atoms with Crippen molar-refractivity contribution in [3.8, 4) is 5.75 Å². The van der Waals surface area contributed by atoms with Gasteiger partial charge in [0, 0.05) is 29.6 Å². The molecule has 0 atom stereocenters. The van der Waals surface area contributed by atoms with Crippen LogP contribution in [-0.2, 0) is 10.1 Å². The van der Waals surface area contributed by atoms with Crippen LogP contribution in [0.1, 0.15) is 51.0 Å². The summed E-state index contributed by atoms with van der Waals surface area (Å²) in [6.07, 6.45) is 6.36. The van der Waals surface area contributed by atoms with E-state index in [0.29, 0.717) is 12.2 Å². The molecule has 0 spiro atoms. The molecular formula is C15H24NaO3S. The molecule has 0 bridgehead atoms. The molecule has 20 heavy (non-hydrogen) atoms. The van der Waals surface area contributed by atoms with E-state index < -0.39 is 10.1 Å². The molecule has 5 heteroatoms. The predicted octanol–water partition coefficient (Wildman–Crippen LogP) is 3.68. The van der Waals surface area contributed by atoms with E-state index in [-0.39, 0.29) is 35.3 Å². The molecule has 0 saturated heterocycles. The van der Waals surface area contributed by atoms with Gasteiger partial charge >= 0.3 is 10.1 Å². The summed E-state index contributed by atoms with van der Waals surface area (Å²) in [7, 11) is -3.45. The van der Waals surface area contributed by atoms with Crippen LogP contribution in [-0.4, -0.2) is 43.7 Å². The number of unbranched alkanes of at least 4 members (excludes halogenated alkanes) is 5. The molecule has 1 radical (unpaired) electrons. The fourth-order valence-corrected chi connectivity index (χ4v) is 2.99. The molecule has 0 heterocycles. The number of aryl methyl sites for hydroxylation is 1. The Kier molecular flexibility index (Phi) is 10.6. The van der Waals surface area contributed by atoms with Gasteiger partial charge in [0.25, 0.3) is 0 Å². The first-order valence-corrected chi connectivity index (χ1v) is 8.60. The van der Waals surface area contributed by atoms with Crippen molar-refractivity contribution in [2.24, 2.45) is 0 Å². The Hall–Kier alpha value is -0.0300. The van der Waals surface area contributed by atoms with E-state index in [0.717, 1.165) is 18.4 Å². The van der Waals surface area contributed by atoms with Gasteiger partial charge in [-0.05, 0) is 25.0 Å².